The lowest BCUT2D eigenvalue weighted by Crippen LogP contribution is -2.06. The zero-order valence-electron chi connectivity index (χ0n) is 10.1. The van der Waals surface area contributed by atoms with Crippen LogP contribution >= 0.6 is 27.5 Å². The summed E-state index contributed by atoms with van der Waals surface area (Å²) >= 11 is 9.16. The highest BCUT2D eigenvalue weighted by Crippen LogP contribution is 2.30. The smallest absolute Gasteiger partial charge is 0.381 e. The molecule has 0 heterocycles. The van der Waals surface area contributed by atoms with Gasteiger partial charge in [-0.3, -0.25) is 0 Å². The van der Waals surface area contributed by atoms with Crippen LogP contribution in [0, 0.1) is 0 Å². The zero-order valence-corrected chi connectivity index (χ0v) is 12.5. The van der Waals surface area contributed by atoms with Gasteiger partial charge in [-0.1, -0.05) is 23.7 Å². The molecule has 2 aromatic carbocycles. The molecule has 0 aliphatic carbocycles. The summed E-state index contributed by atoms with van der Waals surface area (Å²) in [4.78, 5) is 0. The van der Waals surface area contributed by atoms with Gasteiger partial charge in [-0.25, -0.2) is 0 Å². The molecule has 2 aromatic rings. The number of benzene rings is 2. The second kappa shape index (κ2) is 6.06. The van der Waals surface area contributed by atoms with Gasteiger partial charge in [-0.15, -0.1) is 0 Å². The molecule has 0 bridgehead atoms. The first kappa shape index (κ1) is 15.2. The number of rotatable bonds is 3. The molecule has 0 fully saturated rings. The zero-order chi connectivity index (χ0) is 14.8. The van der Waals surface area contributed by atoms with Crippen LogP contribution in [0.1, 0.15) is 11.1 Å². The molecular formula is C14H10BrClF3N. The highest BCUT2D eigenvalue weighted by molar-refractivity contribution is 9.10. The van der Waals surface area contributed by atoms with Crippen molar-refractivity contribution in [2.45, 2.75) is 12.7 Å². The van der Waals surface area contributed by atoms with Crippen molar-refractivity contribution in [3.8, 4) is 0 Å². The molecule has 0 radical (unpaired) electrons. The van der Waals surface area contributed by atoms with Crippen molar-refractivity contribution in [1.29, 1.82) is 0 Å². The van der Waals surface area contributed by atoms with Gasteiger partial charge in [0.05, 0.1) is 10.6 Å². The normalized spacial score (nSPS) is 11.4. The van der Waals surface area contributed by atoms with Crippen molar-refractivity contribution in [2.75, 3.05) is 5.32 Å². The second-order valence-corrected chi connectivity index (χ2v) is 5.44. The van der Waals surface area contributed by atoms with Gasteiger partial charge in [0.2, 0.25) is 0 Å². The Kier molecular flexibility index (Phi) is 4.60. The Balaban J connectivity index is 2.09. The van der Waals surface area contributed by atoms with Gasteiger partial charge >= 0.3 is 6.18 Å². The quantitative estimate of drug-likeness (QED) is 0.733. The number of anilines is 1. The van der Waals surface area contributed by atoms with Gasteiger partial charge in [0, 0.05) is 16.7 Å². The molecule has 0 unspecified atom stereocenters. The predicted molar refractivity (Wildman–Crippen MR) is 77.9 cm³/mol. The van der Waals surface area contributed by atoms with E-state index in [1.54, 1.807) is 24.3 Å². The molecular weight excluding hydrogens is 355 g/mol. The first-order valence-electron chi connectivity index (χ1n) is 5.71. The summed E-state index contributed by atoms with van der Waals surface area (Å²) in [6, 6.07) is 10.5. The van der Waals surface area contributed by atoms with Crippen molar-refractivity contribution >= 4 is 33.2 Å². The maximum atomic E-state index is 12.6. The van der Waals surface area contributed by atoms with Crippen LogP contribution in [-0.2, 0) is 12.7 Å². The number of halogens is 5. The lowest BCUT2D eigenvalue weighted by atomic mass is 10.1. The molecule has 20 heavy (non-hydrogen) atoms. The van der Waals surface area contributed by atoms with Gasteiger partial charge in [-0.05, 0) is 51.8 Å². The maximum absolute atomic E-state index is 12.6. The van der Waals surface area contributed by atoms with E-state index >= 15 is 0 Å². The Morgan fingerprint density at radius 2 is 1.85 bits per heavy atom. The van der Waals surface area contributed by atoms with Gasteiger partial charge in [-0.2, -0.15) is 13.2 Å². The van der Waals surface area contributed by atoms with E-state index in [2.05, 4.69) is 21.2 Å². The van der Waals surface area contributed by atoms with E-state index < -0.39 is 11.7 Å². The summed E-state index contributed by atoms with van der Waals surface area (Å²) in [7, 11) is 0. The van der Waals surface area contributed by atoms with Crippen LogP contribution in [0.25, 0.3) is 0 Å². The highest BCUT2D eigenvalue weighted by Gasteiger charge is 2.30. The van der Waals surface area contributed by atoms with Gasteiger partial charge < -0.3 is 5.32 Å². The average molecular weight is 365 g/mol. The third kappa shape index (κ3) is 3.90. The fourth-order valence-corrected chi connectivity index (χ4v) is 2.16. The molecule has 0 saturated heterocycles. The van der Waals surface area contributed by atoms with E-state index in [9.17, 15) is 13.2 Å². The summed E-state index contributed by atoms with van der Waals surface area (Å²) in [5.74, 6) is 0. The van der Waals surface area contributed by atoms with Crippen LogP contribution in [0.3, 0.4) is 0 Å². The first-order chi connectivity index (χ1) is 9.36. The topological polar surface area (TPSA) is 12.0 Å². The molecule has 2 rings (SSSR count). The van der Waals surface area contributed by atoms with Gasteiger partial charge in [0.15, 0.2) is 0 Å². The van der Waals surface area contributed by atoms with Crippen molar-refractivity contribution in [1.82, 2.24) is 0 Å². The minimum Gasteiger partial charge on any atom is -0.381 e. The van der Waals surface area contributed by atoms with E-state index in [4.69, 9.17) is 11.6 Å². The van der Waals surface area contributed by atoms with Crippen LogP contribution in [0.2, 0.25) is 5.02 Å². The van der Waals surface area contributed by atoms with Crippen LogP contribution in [-0.4, -0.2) is 0 Å². The van der Waals surface area contributed by atoms with Crippen LogP contribution in [0.4, 0.5) is 18.9 Å². The Morgan fingerprint density at radius 1 is 1.10 bits per heavy atom. The Bertz CT molecular complexity index is 614. The largest absolute Gasteiger partial charge is 0.416 e. The molecule has 1 nitrogen and oxygen atoms in total. The van der Waals surface area contributed by atoms with Crippen LogP contribution in [0.5, 0.6) is 0 Å². The summed E-state index contributed by atoms with van der Waals surface area (Å²) in [5, 5.41) is 3.63. The van der Waals surface area contributed by atoms with E-state index in [-0.39, 0.29) is 0 Å². The summed E-state index contributed by atoms with van der Waals surface area (Å²) in [6.07, 6.45) is -4.32. The average Bonchev–Trinajstić information content (AvgIpc) is 2.39. The monoisotopic (exact) mass is 363 g/mol. The molecule has 0 saturated carbocycles. The van der Waals surface area contributed by atoms with Crippen LogP contribution in [0.15, 0.2) is 46.9 Å². The standard InChI is InChI=1S/C14H10BrClF3N/c15-12-7-11(4-5-13(12)16)20-8-9-2-1-3-10(6-9)14(17,18)19/h1-7,20H,8H2. The molecule has 1 N–H and O–H groups in total. The number of alkyl halides is 3. The van der Waals surface area contributed by atoms with Crippen molar-refractivity contribution < 1.29 is 13.2 Å². The molecule has 0 aliphatic rings. The summed E-state index contributed by atoms with van der Waals surface area (Å²) in [5.41, 5.74) is 0.693. The molecule has 0 aromatic heterocycles. The minimum atomic E-state index is -4.32. The Labute approximate surface area is 127 Å². The van der Waals surface area contributed by atoms with E-state index in [1.165, 1.54) is 6.07 Å². The van der Waals surface area contributed by atoms with E-state index in [1.807, 2.05) is 0 Å². The molecule has 0 amide bonds. The van der Waals surface area contributed by atoms with E-state index in [0.29, 0.717) is 17.1 Å². The van der Waals surface area contributed by atoms with Crippen molar-refractivity contribution in [2.24, 2.45) is 0 Å². The third-order valence-electron chi connectivity index (χ3n) is 2.67. The summed E-state index contributed by atoms with van der Waals surface area (Å²) < 4.78 is 38.5. The molecule has 0 spiro atoms. The Hall–Kier alpha value is -1.20. The lowest BCUT2D eigenvalue weighted by Gasteiger charge is -2.10. The van der Waals surface area contributed by atoms with E-state index in [0.717, 1.165) is 22.3 Å². The fourth-order valence-electron chi connectivity index (χ4n) is 1.67. The summed E-state index contributed by atoms with van der Waals surface area (Å²) in [6.45, 7) is 0.304. The minimum absolute atomic E-state index is 0.304. The van der Waals surface area contributed by atoms with Gasteiger partial charge in [0.25, 0.3) is 0 Å². The van der Waals surface area contributed by atoms with Gasteiger partial charge in [0.1, 0.15) is 0 Å². The Morgan fingerprint density at radius 3 is 2.50 bits per heavy atom. The SMILES string of the molecule is FC(F)(F)c1cccc(CNc2ccc(Cl)c(Br)c2)c1. The first-order valence-corrected chi connectivity index (χ1v) is 6.88. The molecule has 106 valence electrons. The number of hydrogen-bond acceptors (Lipinski definition) is 1. The van der Waals surface area contributed by atoms with Crippen molar-refractivity contribution in [3.63, 3.8) is 0 Å². The third-order valence-corrected chi connectivity index (χ3v) is 3.88. The molecule has 0 atom stereocenters. The number of hydrogen-bond donors (Lipinski definition) is 1. The van der Waals surface area contributed by atoms with Crippen LogP contribution < -0.4 is 5.32 Å². The lowest BCUT2D eigenvalue weighted by molar-refractivity contribution is -0.137. The second-order valence-electron chi connectivity index (χ2n) is 4.18. The fraction of sp³-hybridized carbons (Fsp3) is 0.143. The molecule has 0 aliphatic heterocycles. The highest BCUT2D eigenvalue weighted by atomic mass is 79.9. The number of nitrogens with one attached hydrogen (secondary N) is 1. The molecule has 6 heteroatoms. The predicted octanol–water partition coefficient (Wildman–Crippen LogP) is 5.73. The van der Waals surface area contributed by atoms with Crippen molar-refractivity contribution in [3.05, 3.63) is 63.1 Å². The maximum Gasteiger partial charge on any atom is 0.416 e.